The summed E-state index contributed by atoms with van der Waals surface area (Å²) in [5, 5.41) is 4.63. The van der Waals surface area contributed by atoms with Crippen molar-refractivity contribution in [1.82, 2.24) is 10.2 Å². The zero-order chi connectivity index (χ0) is 15.1. The fraction of sp³-hybridized carbons (Fsp3) is 0.667. The van der Waals surface area contributed by atoms with E-state index in [1.165, 1.54) is 50.8 Å². The lowest BCUT2D eigenvalue weighted by atomic mass is 10.0. The summed E-state index contributed by atoms with van der Waals surface area (Å²) in [5.41, 5.74) is 1.35. The van der Waals surface area contributed by atoms with E-state index in [-0.39, 0.29) is 0 Å². The number of benzene rings is 1. The fourth-order valence-electron chi connectivity index (χ4n) is 3.26. The van der Waals surface area contributed by atoms with Crippen molar-refractivity contribution in [2.45, 2.75) is 58.0 Å². The number of hydrogen-bond donors (Lipinski definition) is 1. The van der Waals surface area contributed by atoms with Crippen LogP contribution in [-0.2, 0) is 0 Å². The van der Waals surface area contributed by atoms with Gasteiger partial charge in [-0.1, -0.05) is 43.5 Å². The monoisotopic (exact) mass is 308 g/mol. The van der Waals surface area contributed by atoms with Crippen molar-refractivity contribution >= 4 is 11.6 Å². The van der Waals surface area contributed by atoms with Crippen LogP contribution in [0.5, 0.6) is 0 Å². The molecule has 0 amide bonds. The zero-order valence-electron chi connectivity index (χ0n) is 13.4. The molecule has 0 aliphatic carbocycles. The van der Waals surface area contributed by atoms with Crippen molar-refractivity contribution in [1.29, 1.82) is 0 Å². The molecule has 1 saturated heterocycles. The van der Waals surface area contributed by atoms with Gasteiger partial charge in [0.25, 0.3) is 0 Å². The Morgan fingerprint density at radius 3 is 2.43 bits per heavy atom. The highest BCUT2D eigenvalue weighted by Crippen LogP contribution is 2.21. The van der Waals surface area contributed by atoms with E-state index in [9.17, 15) is 0 Å². The molecule has 2 rings (SSSR count). The number of halogens is 1. The van der Waals surface area contributed by atoms with Crippen LogP contribution in [0.15, 0.2) is 24.3 Å². The second-order valence-electron chi connectivity index (χ2n) is 6.32. The number of rotatable bonds is 7. The van der Waals surface area contributed by atoms with Crippen LogP contribution in [0.25, 0.3) is 0 Å². The second kappa shape index (κ2) is 8.77. The molecule has 1 aliphatic rings. The number of piperidine rings is 1. The minimum absolute atomic E-state index is 0.437. The Bertz CT molecular complexity index is 398. The first-order valence-corrected chi connectivity index (χ1v) is 8.80. The number of likely N-dealkylation sites (tertiary alicyclic amines) is 1. The second-order valence-corrected chi connectivity index (χ2v) is 6.76. The molecule has 0 aromatic heterocycles. The Morgan fingerprint density at radius 2 is 1.81 bits per heavy atom. The first-order chi connectivity index (χ1) is 10.2. The van der Waals surface area contributed by atoms with E-state index in [0.29, 0.717) is 12.1 Å². The van der Waals surface area contributed by atoms with Crippen LogP contribution in [0.2, 0.25) is 5.02 Å². The molecular formula is C18H29ClN2. The van der Waals surface area contributed by atoms with Gasteiger partial charge in [-0.05, 0) is 57.0 Å². The first-order valence-electron chi connectivity index (χ1n) is 8.43. The maximum atomic E-state index is 6.00. The maximum absolute atomic E-state index is 6.00. The van der Waals surface area contributed by atoms with E-state index in [2.05, 4.69) is 36.2 Å². The molecule has 21 heavy (non-hydrogen) atoms. The van der Waals surface area contributed by atoms with Gasteiger partial charge in [-0.2, -0.15) is 0 Å². The summed E-state index contributed by atoms with van der Waals surface area (Å²) in [6, 6.07) is 9.27. The largest absolute Gasteiger partial charge is 0.306 e. The number of hydrogen-bond acceptors (Lipinski definition) is 2. The molecule has 1 aromatic rings. The van der Waals surface area contributed by atoms with Crippen molar-refractivity contribution in [2.75, 3.05) is 19.6 Å². The van der Waals surface area contributed by atoms with Crippen LogP contribution in [-0.4, -0.2) is 30.6 Å². The van der Waals surface area contributed by atoms with E-state index in [0.717, 1.165) is 11.6 Å². The molecule has 0 radical (unpaired) electrons. The van der Waals surface area contributed by atoms with E-state index in [1.54, 1.807) is 0 Å². The third-order valence-electron chi connectivity index (χ3n) is 4.32. The normalized spacial score (nSPS) is 19.4. The van der Waals surface area contributed by atoms with E-state index < -0.39 is 0 Å². The third kappa shape index (κ3) is 5.61. The molecule has 1 aliphatic heterocycles. The van der Waals surface area contributed by atoms with Crippen molar-refractivity contribution in [3.8, 4) is 0 Å². The van der Waals surface area contributed by atoms with Crippen LogP contribution in [0.4, 0.5) is 0 Å². The Balaban J connectivity index is 1.90. The molecule has 0 spiro atoms. The lowest BCUT2D eigenvalue weighted by molar-refractivity contribution is 0.203. The van der Waals surface area contributed by atoms with Gasteiger partial charge in [0.05, 0.1) is 0 Å². The Morgan fingerprint density at radius 1 is 1.14 bits per heavy atom. The van der Waals surface area contributed by atoms with Gasteiger partial charge in [0.1, 0.15) is 0 Å². The molecule has 0 bridgehead atoms. The lowest BCUT2D eigenvalue weighted by Gasteiger charge is -2.31. The molecular weight excluding hydrogens is 280 g/mol. The predicted molar refractivity (Wildman–Crippen MR) is 92.0 cm³/mol. The summed E-state index contributed by atoms with van der Waals surface area (Å²) in [5.74, 6) is 0. The van der Waals surface area contributed by atoms with Crippen LogP contribution < -0.4 is 5.32 Å². The summed E-state index contributed by atoms with van der Waals surface area (Å²) in [6.45, 7) is 8.26. The smallest absolute Gasteiger partial charge is 0.0406 e. The van der Waals surface area contributed by atoms with Gasteiger partial charge in [0.2, 0.25) is 0 Å². The van der Waals surface area contributed by atoms with Crippen LogP contribution in [0, 0.1) is 0 Å². The summed E-state index contributed by atoms with van der Waals surface area (Å²) >= 11 is 6.00. The van der Waals surface area contributed by atoms with Gasteiger partial charge in [-0.3, -0.25) is 0 Å². The number of nitrogens with zero attached hydrogens (tertiary/aromatic N) is 1. The molecule has 1 aromatic carbocycles. The molecule has 118 valence electrons. The fourth-order valence-corrected chi connectivity index (χ4v) is 3.38. The van der Waals surface area contributed by atoms with Gasteiger partial charge in [0, 0.05) is 23.7 Å². The standard InChI is InChI=1S/C18H29ClN2/c1-3-7-18(16-8-10-17(19)11-9-16)20-15(2)14-21-12-5-4-6-13-21/h8-11,15,18,20H,3-7,12-14H2,1-2H3. The average Bonchev–Trinajstić information content (AvgIpc) is 2.48. The number of nitrogens with one attached hydrogen (secondary N) is 1. The topological polar surface area (TPSA) is 15.3 Å². The van der Waals surface area contributed by atoms with Crippen LogP contribution >= 0.6 is 11.6 Å². The summed E-state index contributed by atoms with van der Waals surface area (Å²) in [6.07, 6.45) is 6.49. The zero-order valence-corrected chi connectivity index (χ0v) is 14.2. The molecule has 1 heterocycles. The third-order valence-corrected chi connectivity index (χ3v) is 4.57. The minimum Gasteiger partial charge on any atom is -0.306 e. The molecule has 1 fully saturated rings. The van der Waals surface area contributed by atoms with Crippen molar-refractivity contribution < 1.29 is 0 Å². The molecule has 3 heteroatoms. The Labute approximate surface area is 134 Å². The first kappa shape index (κ1) is 16.8. The van der Waals surface area contributed by atoms with Crippen molar-refractivity contribution in [3.63, 3.8) is 0 Å². The molecule has 2 unspecified atom stereocenters. The molecule has 2 atom stereocenters. The molecule has 0 saturated carbocycles. The maximum Gasteiger partial charge on any atom is 0.0406 e. The van der Waals surface area contributed by atoms with Gasteiger partial charge in [-0.25, -0.2) is 0 Å². The van der Waals surface area contributed by atoms with Crippen LogP contribution in [0.1, 0.15) is 57.6 Å². The highest BCUT2D eigenvalue weighted by Gasteiger charge is 2.17. The highest BCUT2D eigenvalue weighted by atomic mass is 35.5. The summed E-state index contributed by atoms with van der Waals surface area (Å²) in [4.78, 5) is 2.60. The van der Waals surface area contributed by atoms with E-state index in [4.69, 9.17) is 11.6 Å². The summed E-state index contributed by atoms with van der Waals surface area (Å²) < 4.78 is 0. The minimum atomic E-state index is 0.437. The quantitative estimate of drug-likeness (QED) is 0.789. The Kier molecular flexibility index (Phi) is 7.01. The predicted octanol–water partition coefficient (Wildman–Crippen LogP) is 4.65. The van der Waals surface area contributed by atoms with Gasteiger partial charge in [-0.15, -0.1) is 0 Å². The highest BCUT2D eigenvalue weighted by molar-refractivity contribution is 6.30. The molecule has 2 nitrogen and oxygen atoms in total. The summed E-state index contributed by atoms with van der Waals surface area (Å²) in [7, 11) is 0. The SMILES string of the molecule is CCCC(NC(C)CN1CCCCC1)c1ccc(Cl)cc1. The van der Waals surface area contributed by atoms with Crippen molar-refractivity contribution in [3.05, 3.63) is 34.9 Å². The average molecular weight is 309 g/mol. The van der Waals surface area contributed by atoms with Gasteiger partial charge < -0.3 is 10.2 Å². The van der Waals surface area contributed by atoms with Gasteiger partial charge >= 0.3 is 0 Å². The van der Waals surface area contributed by atoms with Crippen LogP contribution in [0.3, 0.4) is 0 Å². The lowest BCUT2D eigenvalue weighted by Crippen LogP contribution is -2.42. The van der Waals surface area contributed by atoms with E-state index >= 15 is 0 Å². The van der Waals surface area contributed by atoms with Gasteiger partial charge in [0.15, 0.2) is 0 Å². The van der Waals surface area contributed by atoms with Crippen molar-refractivity contribution in [2.24, 2.45) is 0 Å². The Hall–Kier alpha value is -0.570. The van der Waals surface area contributed by atoms with E-state index in [1.807, 2.05) is 12.1 Å². The molecule has 1 N–H and O–H groups in total.